The van der Waals surface area contributed by atoms with Crippen LogP contribution in [0.15, 0.2) is 119 Å². The molecule has 4 aromatic rings. The van der Waals surface area contributed by atoms with Crippen molar-refractivity contribution in [3.8, 4) is 11.5 Å². The highest BCUT2D eigenvalue weighted by atomic mass is 32.2. The number of ether oxygens (including phenoxy) is 1. The molecule has 4 rings (SSSR count). The number of hydrogen-bond acceptors (Lipinski definition) is 4. The standard InChI is InChI=1S/C14H14O.C12H10O2S/c1-3-7-13(8-4-1)11-15-12-14-9-5-2-6-10-14;13-9-1-5-11(6-2-9)15-12-7-3-10(14)4-8-12/h1-10H,11-12H2;1-8,13-14H. The fraction of sp³-hybridized carbons (Fsp3) is 0.0769. The number of rotatable bonds is 6. The van der Waals surface area contributed by atoms with Crippen molar-refractivity contribution in [2.75, 3.05) is 0 Å². The summed E-state index contributed by atoms with van der Waals surface area (Å²) < 4.78 is 5.61. The van der Waals surface area contributed by atoms with Crippen molar-refractivity contribution in [1.29, 1.82) is 0 Å². The maximum Gasteiger partial charge on any atom is 0.115 e. The van der Waals surface area contributed by atoms with E-state index in [0.29, 0.717) is 13.2 Å². The van der Waals surface area contributed by atoms with Crippen LogP contribution in [0.4, 0.5) is 0 Å². The lowest BCUT2D eigenvalue weighted by Gasteiger charge is -2.03. The molecule has 3 nitrogen and oxygen atoms in total. The molecule has 0 saturated heterocycles. The third kappa shape index (κ3) is 7.66. The minimum Gasteiger partial charge on any atom is -0.508 e. The van der Waals surface area contributed by atoms with E-state index in [9.17, 15) is 0 Å². The molecule has 2 N–H and O–H groups in total. The summed E-state index contributed by atoms with van der Waals surface area (Å²) in [6, 6.07) is 34.5. The molecule has 0 aromatic heterocycles. The summed E-state index contributed by atoms with van der Waals surface area (Å²) in [5, 5.41) is 18.2. The normalized spacial score (nSPS) is 10.1. The van der Waals surface area contributed by atoms with E-state index in [1.807, 2.05) is 60.7 Å². The van der Waals surface area contributed by atoms with Gasteiger partial charge in [0.15, 0.2) is 0 Å². The average molecular weight is 417 g/mol. The molecule has 0 amide bonds. The third-order valence-electron chi connectivity index (χ3n) is 4.13. The Morgan fingerprint density at radius 2 is 0.867 bits per heavy atom. The number of hydrogen-bond donors (Lipinski definition) is 2. The lowest BCUT2D eigenvalue weighted by molar-refractivity contribution is 0.107. The van der Waals surface area contributed by atoms with Crippen molar-refractivity contribution in [2.24, 2.45) is 0 Å². The lowest BCUT2D eigenvalue weighted by atomic mass is 10.2. The summed E-state index contributed by atoms with van der Waals surface area (Å²) in [6.07, 6.45) is 0. The monoisotopic (exact) mass is 416 g/mol. The first-order valence-corrected chi connectivity index (χ1v) is 10.4. The quantitative estimate of drug-likeness (QED) is 0.369. The second kappa shape index (κ2) is 11.7. The van der Waals surface area contributed by atoms with Crippen LogP contribution in [-0.4, -0.2) is 10.2 Å². The zero-order chi connectivity index (χ0) is 21.0. The largest absolute Gasteiger partial charge is 0.508 e. The fourth-order valence-electron chi connectivity index (χ4n) is 2.60. The summed E-state index contributed by atoms with van der Waals surface area (Å²) in [6.45, 7) is 1.35. The Morgan fingerprint density at radius 1 is 0.500 bits per heavy atom. The Kier molecular flexibility index (Phi) is 8.39. The minimum atomic E-state index is 0.269. The lowest BCUT2D eigenvalue weighted by Crippen LogP contribution is -1.93. The zero-order valence-corrected chi connectivity index (χ0v) is 17.3. The molecule has 0 spiro atoms. The van der Waals surface area contributed by atoms with Gasteiger partial charge in [0.25, 0.3) is 0 Å². The van der Waals surface area contributed by atoms with Gasteiger partial charge in [0.05, 0.1) is 13.2 Å². The molecular weight excluding hydrogens is 392 g/mol. The van der Waals surface area contributed by atoms with Gasteiger partial charge < -0.3 is 14.9 Å². The first kappa shape index (κ1) is 21.5. The zero-order valence-electron chi connectivity index (χ0n) is 16.5. The fourth-order valence-corrected chi connectivity index (χ4v) is 3.42. The topological polar surface area (TPSA) is 49.7 Å². The predicted octanol–water partition coefficient (Wildman–Crippen LogP) is 6.65. The highest BCUT2D eigenvalue weighted by Gasteiger charge is 1.97. The molecule has 4 aromatic carbocycles. The van der Waals surface area contributed by atoms with Crippen molar-refractivity contribution in [1.82, 2.24) is 0 Å². The van der Waals surface area contributed by atoms with E-state index in [2.05, 4.69) is 24.3 Å². The first-order chi connectivity index (χ1) is 14.7. The van der Waals surface area contributed by atoms with Crippen LogP contribution < -0.4 is 0 Å². The van der Waals surface area contributed by atoms with Gasteiger partial charge in [-0.1, -0.05) is 72.4 Å². The number of aromatic hydroxyl groups is 2. The van der Waals surface area contributed by atoms with Gasteiger partial charge in [0.2, 0.25) is 0 Å². The molecule has 0 radical (unpaired) electrons. The number of phenolic OH excluding ortho intramolecular Hbond substituents is 2. The predicted molar refractivity (Wildman–Crippen MR) is 122 cm³/mol. The molecule has 0 aliphatic rings. The molecule has 0 atom stereocenters. The Labute approximate surface area is 181 Å². The summed E-state index contributed by atoms with van der Waals surface area (Å²) in [5.74, 6) is 0.537. The molecule has 4 heteroatoms. The van der Waals surface area contributed by atoms with Gasteiger partial charge in [-0.2, -0.15) is 0 Å². The van der Waals surface area contributed by atoms with Crippen LogP contribution in [0.2, 0.25) is 0 Å². The number of phenols is 2. The second-order valence-electron chi connectivity index (χ2n) is 6.55. The van der Waals surface area contributed by atoms with Crippen molar-refractivity contribution >= 4 is 11.8 Å². The Morgan fingerprint density at radius 3 is 1.23 bits per heavy atom. The van der Waals surface area contributed by atoms with Gasteiger partial charge in [-0.15, -0.1) is 0 Å². The highest BCUT2D eigenvalue weighted by Crippen LogP contribution is 2.29. The maximum absolute atomic E-state index is 9.12. The van der Waals surface area contributed by atoms with Crippen molar-refractivity contribution < 1.29 is 14.9 Å². The summed E-state index contributed by atoms with van der Waals surface area (Å²) >= 11 is 1.58. The van der Waals surface area contributed by atoms with E-state index in [1.165, 1.54) is 11.1 Å². The van der Waals surface area contributed by atoms with Crippen LogP contribution >= 0.6 is 11.8 Å². The van der Waals surface area contributed by atoms with E-state index >= 15 is 0 Å². The molecule has 0 saturated carbocycles. The molecule has 0 heterocycles. The van der Waals surface area contributed by atoms with Gasteiger partial charge in [-0.25, -0.2) is 0 Å². The van der Waals surface area contributed by atoms with Crippen LogP contribution in [0.25, 0.3) is 0 Å². The van der Waals surface area contributed by atoms with Crippen LogP contribution in [0.1, 0.15) is 11.1 Å². The van der Waals surface area contributed by atoms with Gasteiger partial charge >= 0.3 is 0 Å². The summed E-state index contributed by atoms with van der Waals surface area (Å²) in [4.78, 5) is 2.11. The van der Waals surface area contributed by atoms with Gasteiger partial charge in [-0.05, 0) is 59.7 Å². The maximum atomic E-state index is 9.12. The highest BCUT2D eigenvalue weighted by molar-refractivity contribution is 7.99. The first-order valence-electron chi connectivity index (χ1n) is 9.60. The Hall–Kier alpha value is -3.21. The Balaban J connectivity index is 0.000000171. The van der Waals surface area contributed by atoms with Crippen LogP contribution in [-0.2, 0) is 18.0 Å². The molecule has 0 unspecified atom stereocenters. The van der Waals surface area contributed by atoms with Crippen molar-refractivity contribution in [3.05, 3.63) is 120 Å². The van der Waals surface area contributed by atoms with Gasteiger partial charge in [0, 0.05) is 9.79 Å². The van der Waals surface area contributed by atoms with Crippen molar-refractivity contribution in [3.63, 3.8) is 0 Å². The van der Waals surface area contributed by atoms with Gasteiger partial charge in [0.1, 0.15) is 11.5 Å². The van der Waals surface area contributed by atoms with Crippen LogP contribution in [0.5, 0.6) is 11.5 Å². The molecule has 0 aliphatic carbocycles. The molecule has 0 aliphatic heterocycles. The summed E-state index contributed by atoms with van der Waals surface area (Å²) in [5.41, 5.74) is 2.43. The minimum absolute atomic E-state index is 0.269. The molecule has 0 fully saturated rings. The molecule has 0 bridgehead atoms. The van der Waals surface area contributed by atoms with Crippen molar-refractivity contribution in [2.45, 2.75) is 23.0 Å². The molecule has 30 heavy (non-hydrogen) atoms. The van der Waals surface area contributed by atoms with E-state index in [1.54, 1.807) is 36.0 Å². The molecular formula is C26H24O3S. The van der Waals surface area contributed by atoms with Crippen LogP contribution in [0, 0.1) is 0 Å². The average Bonchev–Trinajstić information content (AvgIpc) is 2.79. The second-order valence-corrected chi connectivity index (χ2v) is 7.70. The Bertz CT molecular complexity index is 903. The van der Waals surface area contributed by atoms with Gasteiger partial charge in [-0.3, -0.25) is 0 Å². The number of benzene rings is 4. The SMILES string of the molecule is Oc1ccc(Sc2ccc(O)cc2)cc1.c1ccc(COCc2ccccc2)cc1. The van der Waals surface area contributed by atoms with Crippen LogP contribution in [0.3, 0.4) is 0 Å². The van der Waals surface area contributed by atoms with E-state index in [0.717, 1.165) is 9.79 Å². The third-order valence-corrected chi connectivity index (χ3v) is 5.15. The molecule has 152 valence electrons. The summed E-state index contributed by atoms with van der Waals surface area (Å²) in [7, 11) is 0. The van der Waals surface area contributed by atoms with E-state index in [-0.39, 0.29) is 11.5 Å². The van der Waals surface area contributed by atoms with E-state index < -0.39 is 0 Å². The van der Waals surface area contributed by atoms with E-state index in [4.69, 9.17) is 14.9 Å². The smallest absolute Gasteiger partial charge is 0.115 e.